The van der Waals surface area contributed by atoms with Crippen LogP contribution in [0.2, 0.25) is 0 Å². The van der Waals surface area contributed by atoms with E-state index < -0.39 is 0 Å². The molecule has 0 radical (unpaired) electrons. The number of nitrogen functional groups attached to an aromatic ring is 1. The largest absolute Gasteiger partial charge is 0.369 e. The summed E-state index contributed by atoms with van der Waals surface area (Å²) >= 11 is 2.24. The SMILES string of the molecule is Nc1nc2cc(I)ccc2n1Cc1ncon1. The van der Waals surface area contributed by atoms with E-state index in [2.05, 4.69) is 37.7 Å². The average molecular weight is 341 g/mol. The zero-order chi connectivity index (χ0) is 11.8. The minimum atomic E-state index is 0.451. The number of anilines is 1. The lowest BCUT2D eigenvalue weighted by atomic mass is 10.3. The van der Waals surface area contributed by atoms with Crippen LogP contribution in [0, 0.1) is 3.57 Å². The minimum absolute atomic E-state index is 0.451. The summed E-state index contributed by atoms with van der Waals surface area (Å²) in [5.41, 5.74) is 7.72. The van der Waals surface area contributed by atoms with Gasteiger partial charge in [-0.1, -0.05) is 5.16 Å². The molecule has 17 heavy (non-hydrogen) atoms. The molecule has 0 aliphatic rings. The first kappa shape index (κ1) is 10.5. The van der Waals surface area contributed by atoms with E-state index in [-0.39, 0.29) is 0 Å². The number of nitrogens with two attached hydrogens (primary N) is 1. The van der Waals surface area contributed by atoms with Crippen molar-refractivity contribution < 1.29 is 4.52 Å². The number of nitrogens with zero attached hydrogens (tertiary/aromatic N) is 4. The normalized spacial score (nSPS) is 11.1. The fraction of sp³-hybridized carbons (Fsp3) is 0.100. The highest BCUT2D eigenvalue weighted by Gasteiger charge is 2.10. The highest BCUT2D eigenvalue weighted by molar-refractivity contribution is 14.1. The second-order valence-corrected chi connectivity index (χ2v) is 4.78. The van der Waals surface area contributed by atoms with Crippen LogP contribution in [0.5, 0.6) is 0 Å². The molecule has 2 aromatic heterocycles. The van der Waals surface area contributed by atoms with Gasteiger partial charge in [0.25, 0.3) is 0 Å². The van der Waals surface area contributed by atoms with Crippen LogP contribution in [-0.4, -0.2) is 19.7 Å². The molecule has 86 valence electrons. The molecule has 2 heterocycles. The molecule has 3 rings (SSSR count). The fourth-order valence-electron chi connectivity index (χ4n) is 1.69. The van der Waals surface area contributed by atoms with Crippen LogP contribution in [0.1, 0.15) is 5.82 Å². The maximum absolute atomic E-state index is 5.88. The van der Waals surface area contributed by atoms with Crippen molar-refractivity contribution in [2.75, 3.05) is 5.73 Å². The fourth-order valence-corrected chi connectivity index (χ4v) is 2.17. The van der Waals surface area contributed by atoms with E-state index in [1.807, 2.05) is 22.8 Å². The Hall–Kier alpha value is -1.64. The summed E-state index contributed by atoms with van der Waals surface area (Å²) in [6.45, 7) is 0.458. The van der Waals surface area contributed by atoms with Crippen LogP contribution < -0.4 is 5.73 Å². The summed E-state index contributed by atoms with van der Waals surface area (Å²) in [6, 6.07) is 5.98. The average Bonchev–Trinajstić information content (AvgIpc) is 2.88. The number of halogens is 1. The van der Waals surface area contributed by atoms with Gasteiger partial charge in [0.2, 0.25) is 12.3 Å². The Bertz CT molecular complexity index is 661. The molecule has 7 heteroatoms. The van der Waals surface area contributed by atoms with Crippen LogP contribution >= 0.6 is 22.6 Å². The number of hydrogen-bond donors (Lipinski definition) is 1. The highest BCUT2D eigenvalue weighted by Crippen LogP contribution is 2.20. The third-order valence-corrected chi connectivity index (χ3v) is 3.12. The van der Waals surface area contributed by atoms with Crippen LogP contribution in [0.15, 0.2) is 29.1 Å². The Balaban J connectivity index is 2.12. The predicted molar refractivity (Wildman–Crippen MR) is 70.3 cm³/mol. The predicted octanol–water partition coefficient (Wildman–Crippen LogP) is 1.65. The summed E-state index contributed by atoms with van der Waals surface area (Å²) < 4.78 is 7.68. The molecule has 1 aromatic carbocycles. The van der Waals surface area contributed by atoms with Crippen molar-refractivity contribution in [3.63, 3.8) is 0 Å². The first-order chi connectivity index (χ1) is 8.24. The number of benzene rings is 1. The molecule has 0 atom stereocenters. The molecule has 2 N–H and O–H groups in total. The number of hydrogen-bond acceptors (Lipinski definition) is 5. The topological polar surface area (TPSA) is 82.8 Å². The maximum atomic E-state index is 5.88. The van der Waals surface area contributed by atoms with Gasteiger partial charge in [-0.3, -0.25) is 0 Å². The van der Waals surface area contributed by atoms with Crippen molar-refractivity contribution in [2.24, 2.45) is 0 Å². The molecule has 6 nitrogen and oxygen atoms in total. The molecule has 0 aliphatic carbocycles. The minimum Gasteiger partial charge on any atom is -0.369 e. The van der Waals surface area contributed by atoms with Crippen molar-refractivity contribution >= 4 is 39.6 Å². The monoisotopic (exact) mass is 341 g/mol. The van der Waals surface area contributed by atoms with Crippen LogP contribution in [-0.2, 0) is 6.54 Å². The summed E-state index contributed by atoms with van der Waals surface area (Å²) in [4.78, 5) is 8.28. The molecular weight excluding hydrogens is 333 g/mol. The van der Waals surface area contributed by atoms with Gasteiger partial charge < -0.3 is 14.8 Å². The molecule has 0 saturated heterocycles. The Morgan fingerprint density at radius 3 is 3.06 bits per heavy atom. The number of rotatable bonds is 2. The first-order valence-corrected chi connectivity index (χ1v) is 5.98. The van der Waals surface area contributed by atoms with Crippen molar-refractivity contribution in [2.45, 2.75) is 6.54 Å². The molecule has 0 amide bonds. The van der Waals surface area contributed by atoms with Crippen molar-refractivity contribution in [1.82, 2.24) is 19.7 Å². The second-order valence-electron chi connectivity index (χ2n) is 3.54. The molecule has 0 saturated carbocycles. The van der Waals surface area contributed by atoms with Crippen molar-refractivity contribution in [3.8, 4) is 0 Å². The lowest BCUT2D eigenvalue weighted by Crippen LogP contribution is -2.05. The van der Waals surface area contributed by atoms with E-state index >= 15 is 0 Å². The van der Waals surface area contributed by atoms with Gasteiger partial charge in [0.15, 0.2) is 5.82 Å². The van der Waals surface area contributed by atoms with Gasteiger partial charge in [0.1, 0.15) is 0 Å². The van der Waals surface area contributed by atoms with Gasteiger partial charge in [0.05, 0.1) is 17.6 Å². The smallest absolute Gasteiger partial charge is 0.213 e. The van der Waals surface area contributed by atoms with Crippen LogP contribution in [0.25, 0.3) is 11.0 Å². The van der Waals surface area contributed by atoms with E-state index in [0.717, 1.165) is 14.6 Å². The van der Waals surface area contributed by atoms with Gasteiger partial charge in [-0.25, -0.2) is 4.98 Å². The van der Waals surface area contributed by atoms with Crippen molar-refractivity contribution in [1.29, 1.82) is 0 Å². The van der Waals surface area contributed by atoms with E-state index in [1.165, 1.54) is 6.39 Å². The van der Waals surface area contributed by atoms with Crippen molar-refractivity contribution in [3.05, 3.63) is 34.0 Å². The Kier molecular flexibility index (Phi) is 2.46. The molecule has 0 fully saturated rings. The molecule has 0 aliphatic heterocycles. The van der Waals surface area contributed by atoms with E-state index in [0.29, 0.717) is 18.3 Å². The summed E-state index contributed by atoms with van der Waals surface area (Å²) in [5, 5.41) is 3.76. The van der Waals surface area contributed by atoms with Gasteiger partial charge in [0, 0.05) is 3.57 Å². The molecular formula is C10H8IN5O. The summed E-state index contributed by atoms with van der Waals surface area (Å²) in [6.07, 6.45) is 1.30. The first-order valence-electron chi connectivity index (χ1n) is 4.90. The van der Waals surface area contributed by atoms with E-state index in [4.69, 9.17) is 10.3 Å². The lowest BCUT2D eigenvalue weighted by Gasteiger charge is -2.02. The Morgan fingerprint density at radius 2 is 2.29 bits per heavy atom. The molecule has 3 aromatic rings. The zero-order valence-corrected chi connectivity index (χ0v) is 10.8. The number of fused-ring (bicyclic) bond motifs is 1. The number of aromatic nitrogens is 4. The van der Waals surface area contributed by atoms with Gasteiger partial charge in [-0.2, -0.15) is 4.98 Å². The molecule has 0 spiro atoms. The quantitative estimate of drug-likeness (QED) is 0.717. The Labute approximate surface area is 110 Å². The molecule has 0 bridgehead atoms. The number of imidazole rings is 1. The molecule has 0 unspecified atom stereocenters. The van der Waals surface area contributed by atoms with Crippen LogP contribution in [0.3, 0.4) is 0 Å². The zero-order valence-electron chi connectivity index (χ0n) is 8.67. The Morgan fingerprint density at radius 1 is 1.41 bits per heavy atom. The van der Waals surface area contributed by atoms with Gasteiger partial charge in [-0.05, 0) is 40.8 Å². The standard InChI is InChI=1S/C10H8IN5O/c11-6-1-2-8-7(3-6)14-10(12)16(8)4-9-13-5-17-15-9/h1-3,5H,4H2,(H2,12,14). The van der Waals surface area contributed by atoms with Gasteiger partial charge >= 0.3 is 0 Å². The van der Waals surface area contributed by atoms with Crippen LogP contribution in [0.4, 0.5) is 5.95 Å². The third-order valence-electron chi connectivity index (χ3n) is 2.45. The van der Waals surface area contributed by atoms with Gasteiger partial charge in [-0.15, -0.1) is 0 Å². The second kappa shape index (κ2) is 3.99. The highest BCUT2D eigenvalue weighted by atomic mass is 127. The maximum Gasteiger partial charge on any atom is 0.213 e. The summed E-state index contributed by atoms with van der Waals surface area (Å²) in [5.74, 6) is 1.03. The van der Waals surface area contributed by atoms with E-state index in [1.54, 1.807) is 0 Å². The third kappa shape index (κ3) is 1.86. The lowest BCUT2D eigenvalue weighted by molar-refractivity contribution is 0.408. The summed E-state index contributed by atoms with van der Waals surface area (Å²) in [7, 11) is 0. The van der Waals surface area contributed by atoms with E-state index in [9.17, 15) is 0 Å².